The van der Waals surface area contributed by atoms with Crippen molar-refractivity contribution in [2.75, 3.05) is 30.5 Å². The first kappa shape index (κ1) is 54.0. The van der Waals surface area contributed by atoms with Gasteiger partial charge in [-0.3, -0.25) is 19.2 Å². The lowest BCUT2D eigenvalue weighted by molar-refractivity contribution is -0.143. The summed E-state index contributed by atoms with van der Waals surface area (Å²) >= 11 is 0. The van der Waals surface area contributed by atoms with Crippen molar-refractivity contribution in [1.29, 1.82) is 0 Å². The van der Waals surface area contributed by atoms with Crippen molar-refractivity contribution in [2.45, 2.75) is 124 Å². The van der Waals surface area contributed by atoms with Crippen LogP contribution < -0.4 is 10.2 Å². The molecule has 0 amide bonds. The lowest BCUT2D eigenvalue weighted by atomic mass is 9.97. The number of carbonyl (C=O) groups is 4. The molecule has 0 spiro atoms. The summed E-state index contributed by atoms with van der Waals surface area (Å²) in [5.41, 5.74) is 7.41. The largest absolute Gasteiger partial charge is 0.461 e. The molecule has 0 saturated heterocycles. The summed E-state index contributed by atoms with van der Waals surface area (Å²) in [5, 5.41) is 5.38. The Kier molecular flexibility index (Phi) is 16.4. The van der Waals surface area contributed by atoms with Crippen LogP contribution in [-0.4, -0.2) is 95.0 Å². The predicted octanol–water partition coefficient (Wildman–Crippen LogP) is 7.33. The Balaban J connectivity index is 0.000000198. The van der Waals surface area contributed by atoms with Crippen molar-refractivity contribution in [3.63, 3.8) is 0 Å². The second kappa shape index (κ2) is 21.5. The SMILES string of the molecule is CC(=O)OCc1cc2cc3n(c2cc1S(C)(=O)=O)CCN(c1ncc(C(C)=O)c(C)n1)[C@@H]3C(C)C.CC(=O)OCc1cc2cc3n(c2cc1S(C)(=O)=O)CCN[C@@H]3C(C)C.CC(=O)c1cnc(C)nc1C. The number of rotatable bonds is 11. The molecule has 0 radical (unpaired) electrons. The summed E-state index contributed by atoms with van der Waals surface area (Å²) in [7, 11) is -6.97. The molecule has 2 atom stereocenters. The third kappa shape index (κ3) is 12.2. The second-order valence-corrected chi connectivity index (χ2v) is 22.8. The number of ketones is 2. The highest BCUT2D eigenvalue weighted by Gasteiger charge is 2.34. The number of carbonyl (C=O) groups excluding carboxylic acids is 4. The highest BCUT2D eigenvalue weighted by atomic mass is 32.2. The highest BCUT2D eigenvalue weighted by molar-refractivity contribution is 7.91. The van der Waals surface area contributed by atoms with E-state index >= 15 is 0 Å². The Morgan fingerprint density at radius 1 is 0.648 bits per heavy atom. The van der Waals surface area contributed by atoms with Gasteiger partial charge in [-0.15, -0.1) is 0 Å². The number of hydrogen-bond donors (Lipinski definition) is 1. The van der Waals surface area contributed by atoms with E-state index in [1.54, 1.807) is 37.5 Å². The van der Waals surface area contributed by atoms with E-state index in [0.717, 1.165) is 52.5 Å². The molecule has 2 aliphatic rings. The summed E-state index contributed by atoms with van der Waals surface area (Å²) in [6.45, 7) is 22.4. The van der Waals surface area contributed by atoms with Crippen LogP contribution in [0.2, 0.25) is 0 Å². The maximum Gasteiger partial charge on any atom is 0.302 e. The van der Waals surface area contributed by atoms with Gasteiger partial charge in [-0.25, -0.2) is 36.8 Å². The first-order valence-electron chi connectivity index (χ1n) is 23.3. The lowest BCUT2D eigenvalue weighted by Crippen LogP contribution is -2.41. The lowest BCUT2D eigenvalue weighted by Gasteiger charge is -2.39. The van der Waals surface area contributed by atoms with Crippen LogP contribution in [0.5, 0.6) is 0 Å². The van der Waals surface area contributed by atoms with Crippen LogP contribution in [0.15, 0.2) is 58.6 Å². The molecule has 6 aromatic rings. The maximum atomic E-state index is 12.6. The number of aryl methyl sites for hydroxylation is 3. The fourth-order valence-corrected chi connectivity index (χ4v) is 11.1. The molecule has 4 aromatic heterocycles. The zero-order chi connectivity index (χ0) is 52.4. The van der Waals surface area contributed by atoms with Crippen molar-refractivity contribution in [3.8, 4) is 0 Å². The summed E-state index contributed by atoms with van der Waals surface area (Å²) in [6.07, 6.45) is 5.50. The number of sulfone groups is 2. The van der Waals surface area contributed by atoms with Crippen LogP contribution in [0.1, 0.15) is 128 Å². The maximum absolute atomic E-state index is 12.6. The van der Waals surface area contributed by atoms with Crippen molar-refractivity contribution >= 4 is 70.9 Å². The zero-order valence-electron chi connectivity index (χ0n) is 42.7. The predicted molar refractivity (Wildman–Crippen MR) is 270 cm³/mol. The monoisotopic (exact) mass is 1010 g/mol. The van der Waals surface area contributed by atoms with Crippen LogP contribution in [0.4, 0.5) is 5.95 Å². The van der Waals surface area contributed by atoms with E-state index in [1.165, 1.54) is 39.6 Å². The van der Waals surface area contributed by atoms with Gasteiger partial charge < -0.3 is 28.8 Å². The summed E-state index contributed by atoms with van der Waals surface area (Å²) in [6, 6.07) is 11.4. The number of nitrogens with one attached hydrogen (secondary N) is 1. The second-order valence-electron chi connectivity index (χ2n) is 18.8. The Bertz CT molecular complexity index is 3290. The number of anilines is 1. The molecule has 8 rings (SSSR count). The number of ether oxygens (including phenoxy) is 2. The van der Waals surface area contributed by atoms with Crippen molar-refractivity contribution < 1.29 is 45.5 Å². The van der Waals surface area contributed by atoms with Gasteiger partial charge in [-0.05, 0) is 82.9 Å². The normalized spacial score (nSPS) is 15.6. The third-order valence-electron chi connectivity index (χ3n) is 12.5. The summed E-state index contributed by atoms with van der Waals surface area (Å²) in [5.74, 6) is 0.939. The highest BCUT2D eigenvalue weighted by Crippen LogP contribution is 2.40. The average Bonchev–Trinajstić information content (AvgIpc) is 3.83. The van der Waals surface area contributed by atoms with Gasteiger partial charge in [0.05, 0.1) is 38.3 Å². The molecule has 2 aliphatic heterocycles. The first-order valence-corrected chi connectivity index (χ1v) is 27.1. The molecule has 1 N–H and O–H groups in total. The number of Topliss-reactive ketones (excluding diaryl/α,β-unsaturated/α-hetero) is 2. The average molecular weight is 1010 g/mol. The van der Waals surface area contributed by atoms with Crippen molar-refractivity contribution in [2.24, 2.45) is 11.8 Å². The summed E-state index contributed by atoms with van der Waals surface area (Å²) < 4.78 is 64.1. The van der Waals surface area contributed by atoms with Gasteiger partial charge in [0.25, 0.3) is 0 Å². The minimum Gasteiger partial charge on any atom is -0.461 e. The van der Waals surface area contributed by atoms with Gasteiger partial charge >= 0.3 is 11.9 Å². The number of benzene rings is 2. The van der Waals surface area contributed by atoms with Crippen LogP contribution in [0.3, 0.4) is 0 Å². The van der Waals surface area contributed by atoms with E-state index in [9.17, 15) is 36.0 Å². The number of fused-ring (bicyclic) bond motifs is 6. The van der Waals surface area contributed by atoms with E-state index in [4.69, 9.17) is 9.47 Å². The standard InChI is InChI=1S/C25H30N4O5S.C18H24N2O4S.C8H10N2O/c1-14(2)24-22-10-18-9-19(13-34-17(5)31)23(35(6,32)33)11-21(18)28(22)7-8-29(24)25-26-12-20(16(4)30)15(3)27-25;1-11(2)18-16-8-13-7-14(10-24-12(3)21)17(25(4,22)23)9-15(13)20(16)6-5-19-18;1-5-8(6(2)11)4-9-7(3)10-5/h9-12,14,24H,7-8,13H2,1-6H3;7-9,11,18-19H,5-6,10H2,1-4H3;4H,1-3H3/t24-;18-;/m11./s1. The molecule has 20 heteroatoms. The molecule has 6 heterocycles. The molecular weight excluding hydrogens is 949 g/mol. The molecule has 0 unspecified atom stereocenters. The molecule has 18 nitrogen and oxygen atoms in total. The Hall–Kier alpha value is -6.38. The van der Waals surface area contributed by atoms with Crippen molar-refractivity contribution in [1.82, 2.24) is 34.4 Å². The van der Waals surface area contributed by atoms with Crippen LogP contribution >= 0.6 is 0 Å². The van der Waals surface area contributed by atoms with Crippen molar-refractivity contribution in [3.05, 3.63) is 99.6 Å². The summed E-state index contributed by atoms with van der Waals surface area (Å²) in [4.78, 5) is 64.9. The van der Waals surface area contributed by atoms with E-state index in [0.29, 0.717) is 58.7 Å². The molecule has 0 fully saturated rings. The van der Waals surface area contributed by atoms with Crippen LogP contribution in [0, 0.1) is 32.6 Å². The molecule has 380 valence electrons. The van der Waals surface area contributed by atoms with E-state index in [2.05, 4.69) is 79.1 Å². The van der Waals surface area contributed by atoms with Crippen LogP contribution in [-0.2, 0) is 65.0 Å². The van der Waals surface area contributed by atoms with Gasteiger partial charge in [0.1, 0.15) is 19.0 Å². The third-order valence-corrected chi connectivity index (χ3v) is 14.9. The Morgan fingerprint density at radius 2 is 1.13 bits per heavy atom. The molecule has 0 bridgehead atoms. The minimum atomic E-state index is -3.54. The fraction of sp³-hybridized carbons (Fsp3) is 0.451. The number of esters is 2. The van der Waals surface area contributed by atoms with Crippen LogP contribution in [0.25, 0.3) is 21.8 Å². The van der Waals surface area contributed by atoms with Gasteiger partial charge in [-0.2, -0.15) is 0 Å². The van der Waals surface area contributed by atoms with E-state index < -0.39 is 31.6 Å². The number of nitrogens with zero attached hydrogens (tertiary/aromatic N) is 7. The smallest absolute Gasteiger partial charge is 0.302 e. The number of aromatic nitrogens is 6. The van der Waals surface area contributed by atoms with E-state index in [-0.39, 0.29) is 52.6 Å². The topological polar surface area (TPSA) is 232 Å². The number of hydrogen-bond acceptors (Lipinski definition) is 16. The van der Waals surface area contributed by atoms with Gasteiger partial charge in [-0.1, -0.05) is 27.7 Å². The Labute approximate surface area is 415 Å². The zero-order valence-corrected chi connectivity index (χ0v) is 44.3. The van der Waals surface area contributed by atoms with Gasteiger partial charge in [0.15, 0.2) is 31.2 Å². The van der Waals surface area contributed by atoms with E-state index in [1.807, 2.05) is 19.9 Å². The molecule has 0 saturated carbocycles. The first-order chi connectivity index (χ1) is 33.2. The molecular formula is C51H64N8O10S2. The molecule has 71 heavy (non-hydrogen) atoms. The molecule has 2 aromatic carbocycles. The van der Waals surface area contributed by atoms with Gasteiger partial charge in [0.2, 0.25) is 5.95 Å². The molecule has 0 aliphatic carbocycles. The fourth-order valence-electron chi connectivity index (χ4n) is 9.31. The minimum absolute atomic E-state index is 0.0162. The Morgan fingerprint density at radius 3 is 1.56 bits per heavy atom. The van der Waals surface area contributed by atoms with Gasteiger partial charge in [0, 0.05) is 115 Å². The quantitative estimate of drug-likeness (QED) is 0.0989.